The van der Waals surface area contributed by atoms with Gasteiger partial charge in [-0.3, -0.25) is 9.69 Å². The predicted molar refractivity (Wildman–Crippen MR) is 61.3 cm³/mol. The number of hydrogen-bond acceptors (Lipinski definition) is 4. The van der Waals surface area contributed by atoms with Crippen molar-refractivity contribution in [2.75, 3.05) is 26.7 Å². The second-order valence-electron chi connectivity index (χ2n) is 5.19. The van der Waals surface area contributed by atoms with E-state index in [9.17, 15) is 4.79 Å². The number of methoxy groups -OCH3 is 1. The summed E-state index contributed by atoms with van der Waals surface area (Å²) in [5.74, 6) is -0.961. The van der Waals surface area contributed by atoms with Crippen molar-refractivity contribution in [1.82, 2.24) is 4.90 Å². The van der Waals surface area contributed by atoms with Gasteiger partial charge in [-0.2, -0.15) is 0 Å². The van der Waals surface area contributed by atoms with Crippen LogP contribution in [0.15, 0.2) is 0 Å². The molecule has 1 fully saturated rings. The van der Waals surface area contributed by atoms with Gasteiger partial charge in [-0.15, -0.1) is 0 Å². The molecule has 1 aliphatic rings. The fourth-order valence-electron chi connectivity index (χ4n) is 2.14. The van der Waals surface area contributed by atoms with Crippen molar-refractivity contribution in [3.8, 4) is 0 Å². The Morgan fingerprint density at radius 3 is 2.81 bits per heavy atom. The largest absolute Gasteiger partial charge is 0.480 e. The summed E-state index contributed by atoms with van der Waals surface area (Å²) in [5, 5.41) is 8.98. The maximum Gasteiger partial charge on any atom is 0.324 e. The van der Waals surface area contributed by atoms with Crippen LogP contribution in [0.2, 0.25) is 0 Å². The highest BCUT2D eigenvalue weighted by Crippen LogP contribution is 2.24. The van der Waals surface area contributed by atoms with Crippen LogP contribution in [0.25, 0.3) is 0 Å². The van der Waals surface area contributed by atoms with E-state index < -0.39 is 11.5 Å². The number of aliphatic carboxylic acids is 1. The second kappa shape index (κ2) is 4.69. The minimum atomic E-state index is -1.19. The molecular formula is C11H22N2O3. The Bertz CT molecular complexity index is 268. The first kappa shape index (κ1) is 13.4. The summed E-state index contributed by atoms with van der Waals surface area (Å²) in [7, 11) is 1.70. The van der Waals surface area contributed by atoms with Crippen molar-refractivity contribution >= 4 is 5.97 Å². The molecule has 1 aliphatic heterocycles. The minimum Gasteiger partial charge on any atom is -0.480 e. The molecule has 0 radical (unpaired) electrons. The van der Waals surface area contributed by atoms with E-state index in [4.69, 9.17) is 15.6 Å². The van der Waals surface area contributed by atoms with Gasteiger partial charge in [0.1, 0.15) is 5.54 Å². The number of nitrogens with zero attached hydrogens (tertiary/aromatic N) is 1. The number of hydrogen-bond donors (Lipinski definition) is 2. The molecule has 1 rings (SSSR count). The Morgan fingerprint density at radius 1 is 1.69 bits per heavy atom. The van der Waals surface area contributed by atoms with E-state index in [2.05, 4.69) is 4.90 Å². The lowest BCUT2D eigenvalue weighted by atomic mass is 9.93. The summed E-state index contributed by atoms with van der Waals surface area (Å²) in [6.07, 6.45) is 2.02. The highest BCUT2D eigenvalue weighted by atomic mass is 16.5. The molecule has 0 saturated carbocycles. The molecule has 2 unspecified atom stereocenters. The number of ether oxygens (including phenoxy) is 1. The fraction of sp³-hybridized carbons (Fsp3) is 0.909. The van der Waals surface area contributed by atoms with Gasteiger partial charge in [0.2, 0.25) is 0 Å². The first-order valence-electron chi connectivity index (χ1n) is 5.59. The van der Waals surface area contributed by atoms with E-state index in [-0.39, 0.29) is 5.60 Å². The molecule has 5 nitrogen and oxygen atoms in total. The molecule has 0 aromatic heterocycles. The molecule has 94 valence electrons. The Balaban J connectivity index is 2.59. The van der Waals surface area contributed by atoms with Crippen LogP contribution >= 0.6 is 0 Å². The highest BCUT2D eigenvalue weighted by molar-refractivity contribution is 5.78. The van der Waals surface area contributed by atoms with Crippen LogP contribution in [0.5, 0.6) is 0 Å². The van der Waals surface area contributed by atoms with Gasteiger partial charge >= 0.3 is 5.97 Å². The molecule has 0 aromatic rings. The average Bonchev–Trinajstić information content (AvgIpc) is 2.17. The van der Waals surface area contributed by atoms with Crippen molar-refractivity contribution in [2.24, 2.45) is 5.73 Å². The standard InChI is InChI=1S/C11H22N2O3/c1-10(16-3)5-4-6-13(7-10)8-11(2,12)9(14)15/h4-8,12H2,1-3H3,(H,14,15). The molecule has 0 amide bonds. The molecule has 0 spiro atoms. The first-order valence-corrected chi connectivity index (χ1v) is 5.59. The molecule has 16 heavy (non-hydrogen) atoms. The molecule has 5 heteroatoms. The van der Waals surface area contributed by atoms with Crippen LogP contribution in [0.4, 0.5) is 0 Å². The topological polar surface area (TPSA) is 75.8 Å². The third-order valence-corrected chi connectivity index (χ3v) is 3.27. The quantitative estimate of drug-likeness (QED) is 0.726. The van der Waals surface area contributed by atoms with Gasteiger partial charge in [0, 0.05) is 20.2 Å². The molecule has 0 aromatic carbocycles. The number of rotatable bonds is 4. The normalized spacial score (nSPS) is 31.0. The fourth-order valence-corrected chi connectivity index (χ4v) is 2.14. The van der Waals surface area contributed by atoms with E-state index in [1.165, 1.54) is 0 Å². The Hall–Kier alpha value is -0.650. The zero-order valence-corrected chi connectivity index (χ0v) is 10.3. The van der Waals surface area contributed by atoms with Gasteiger partial charge < -0.3 is 15.6 Å². The number of piperidine rings is 1. The Kier molecular flexibility index (Phi) is 3.93. The molecule has 0 aliphatic carbocycles. The summed E-state index contributed by atoms with van der Waals surface area (Å²) in [6.45, 7) is 5.59. The number of carboxylic acids is 1. The predicted octanol–water partition coefficient (Wildman–Crippen LogP) is 0.289. The summed E-state index contributed by atoms with van der Waals surface area (Å²) < 4.78 is 5.45. The van der Waals surface area contributed by atoms with Crippen LogP contribution in [-0.4, -0.2) is 53.9 Å². The lowest BCUT2D eigenvalue weighted by Gasteiger charge is -2.41. The van der Waals surface area contributed by atoms with Gasteiger partial charge in [-0.05, 0) is 33.2 Å². The van der Waals surface area contributed by atoms with Crippen molar-refractivity contribution in [3.05, 3.63) is 0 Å². The zero-order valence-electron chi connectivity index (χ0n) is 10.3. The lowest BCUT2D eigenvalue weighted by molar-refractivity contribution is -0.144. The third-order valence-electron chi connectivity index (χ3n) is 3.27. The Morgan fingerprint density at radius 2 is 2.31 bits per heavy atom. The van der Waals surface area contributed by atoms with Crippen molar-refractivity contribution in [2.45, 2.75) is 37.8 Å². The van der Waals surface area contributed by atoms with E-state index in [1.807, 2.05) is 6.92 Å². The summed E-state index contributed by atoms with van der Waals surface area (Å²) >= 11 is 0. The lowest BCUT2D eigenvalue weighted by Crippen LogP contribution is -2.58. The molecule has 3 N–H and O–H groups in total. The monoisotopic (exact) mass is 230 g/mol. The number of carboxylic acid groups (broad SMARTS) is 1. The first-order chi connectivity index (χ1) is 7.29. The number of likely N-dealkylation sites (tertiary alicyclic amines) is 1. The zero-order chi connectivity index (χ0) is 12.4. The van der Waals surface area contributed by atoms with Crippen molar-refractivity contribution in [3.63, 3.8) is 0 Å². The van der Waals surface area contributed by atoms with Gasteiger partial charge in [-0.1, -0.05) is 0 Å². The average molecular weight is 230 g/mol. The Labute approximate surface area is 96.6 Å². The van der Waals surface area contributed by atoms with Gasteiger partial charge in [0.15, 0.2) is 0 Å². The summed E-state index contributed by atoms with van der Waals surface area (Å²) in [5.41, 5.74) is 4.38. The smallest absolute Gasteiger partial charge is 0.324 e. The second-order valence-corrected chi connectivity index (χ2v) is 5.19. The summed E-state index contributed by atoms with van der Waals surface area (Å²) in [4.78, 5) is 13.0. The van der Waals surface area contributed by atoms with E-state index in [0.29, 0.717) is 6.54 Å². The van der Waals surface area contributed by atoms with Crippen LogP contribution in [0.1, 0.15) is 26.7 Å². The van der Waals surface area contributed by atoms with E-state index in [1.54, 1.807) is 14.0 Å². The van der Waals surface area contributed by atoms with E-state index in [0.717, 1.165) is 25.9 Å². The highest BCUT2D eigenvalue weighted by Gasteiger charge is 2.36. The van der Waals surface area contributed by atoms with Crippen LogP contribution < -0.4 is 5.73 Å². The van der Waals surface area contributed by atoms with Crippen molar-refractivity contribution in [1.29, 1.82) is 0 Å². The van der Waals surface area contributed by atoms with E-state index >= 15 is 0 Å². The third kappa shape index (κ3) is 3.17. The molecule has 0 bridgehead atoms. The summed E-state index contributed by atoms with van der Waals surface area (Å²) in [6, 6.07) is 0. The number of carbonyl (C=O) groups is 1. The van der Waals surface area contributed by atoms with Crippen LogP contribution in [-0.2, 0) is 9.53 Å². The molecular weight excluding hydrogens is 208 g/mol. The molecule has 1 saturated heterocycles. The van der Waals surface area contributed by atoms with Gasteiger partial charge in [0.25, 0.3) is 0 Å². The SMILES string of the molecule is COC1(C)CCCN(CC(C)(N)C(=O)O)C1. The maximum absolute atomic E-state index is 10.9. The van der Waals surface area contributed by atoms with Gasteiger partial charge in [0.05, 0.1) is 5.60 Å². The number of nitrogens with two attached hydrogens (primary N) is 1. The molecule has 1 heterocycles. The van der Waals surface area contributed by atoms with Crippen LogP contribution in [0, 0.1) is 0 Å². The minimum absolute atomic E-state index is 0.174. The van der Waals surface area contributed by atoms with Crippen molar-refractivity contribution < 1.29 is 14.6 Å². The van der Waals surface area contributed by atoms with Gasteiger partial charge in [-0.25, -0.2) is 0 Å². The maximum atomic E-state index is 10.9. The van der Waals surface area contributed by atoms with Crippen LogP contribution in [0.3, 0.4) is 0 Å². The molecule has 2 atom stereocenters.